The summed E-state index contributed by atoms with van der Waals surface area (Å²) in [4.78, 5) is 17.4. The van der Waals surface area contributed by atoms with Crippen LogP contribution in [0.15, 0.2) is 83.3 Å². The van der Waals surface area contributed by atoms with Crippen LogP contribution in [0.5, 0.6) is 17.2 Å². The number of hydrogen-bond donors (Lipinski definition) is 3. The van der Waals surface area contributed by atoms with E-state index in [4.69, 9.17) is 37.7 Å². The van der Waals surface area contributed by atoms with E-state index >= 15 is 0 Å². The third-order valence-corrected chi connectivity index (χ3v) is 6.50. The van der Waals surface area contributed by atoms with Gasteiger partial charge in [0.2, 0.25) is 5.89 Å². The number of fused-ring (bicyclic) bond motifs is 1. The molecule has 0 saturated carbocycles. The highest BCUT2D eigenvalue weighted by atomic mass is 35.5. The number of oxazole rings is 1. The number of hydrogen-bond acceptors (Lipinski definition) is 7. The van der Waals surface area contributed by atoms with Gasteiger partial charge in [0.05, 0.1) is 12.7 Å². The Hall–Kier alpha value is -4.60. The molecule has 0 bridgehead atoms. The average molecular weight is 574 g/mol. The molecule has 5 rings (SSSR count). The van der Waals surface area contributed by atoms with Crippen LogP contribution in [0.3, 0.4) is 0 Å². The standard InChI is InChI=1S/C30H24ClN3O5S/c1-17-13-21(15-22(27(17)35)29-33-23-5-3-4-6-24(23)39-29)32-30(40)34-28(36)19-9-12-25(26(14-19)37-2)38-16-18-7-10-20(31)11-8-18/h3-15,35H,16H2,1-2H3,(H2,32,34,36,40). The number of carbonyl (C=O) groups is 1. The van der Waals surface area contributed by atoms with Gasteiger partial charge in [-0.2, -0.15) is 0 Å². The minimum absolute atomic E-state index is 0.0394. The van der Waals surface area contributed by atoms with Crippen LogP contribution < -0.4 is 20.1 Å². The first-order valence-corrected chi connectivity index (χ1v) is 13.0. The van der Waals surface area contributed by atoms with Crippen molar-refractivity contribution < 1.29 is 23.8 Å². The first-order valence-electron chi connectivity index (χ1n) is 12.2. The number of para-hydroxylation sites is 2. The first kappa shape index (κ1) is 27.0. The van der Waals surface area contributed by atoms with Crippen molar-refractivity contribution in [3.63, 3.8) is 0 Å². The molecule has 0 aliphatic heterocycles. The second-order valence-corrected chi connectivity index (χ2v) is 9.71. The van der Waals surface area contributed by atoms with Crippen molar-refractivity contribution in [2.45, 2.75) is 13.5 Å². The zero-order chi connectivity index (χ0) is 28.2. The number of benzene rings is 4. The molecule has 3 N–H and O–H groups in total. The molecule has 0 radical (unpaired) electrons. The van der Waals surface area contributed by atoms with Crippen molar-refractivity contribution in [1.82, 2.24) is 10.3 Å². The van der Waals surface area contributed by atoms with Crippen molar-refractivity contribution >= 4 is 51.6 Å². The van der Waals surface area contributed by atoms with Crippen LogP contribution in [0, 0.1) is 6.92 Å². The molecule has 0 spiro atoms. The monoisotopic (exact) mass is 573 g/mol. The van der Waals surface area contributed by atoms with E-state index in [9.17, 15) is 9.90 Å². The number of aryl methyl sites for hydroxylation is 1. The van der Waals surface area contributed by atoms with Crippen LogP contribution in [0.4, 0.5) is 5.69 Å². The van der Waals surface area contributed by atoms with Crippen molar-refractivity contribution in [1.29, 1.82) is 0 Å². The SMILES string of the molecule is COc1cc(C(=O)NC(=S)Nc2cc(C)c(O)c(-c3nc4ccccc4o3)c2)ccc1OCc1ccc(Cl)cc1. The van der Waals surface area contributed by atoms with Crippen molar-refractivity contribution in [3.8, 4) is 28.7 Å². The molecule has 0 atom stereocenters. The van der Waals surface area contributed by atoms with Crippen LogP contribution in [-0.4, -0.2) is 28.2 Å². The number of aromatic hydroxyl groups is 1. The number of aromatic nitrogens is 1. The fraction of sp³-hybridized carbons (Fsp3) is 0.100. The topological polar surface area (TPSA) is 106 Å². The second-order valence-electron chi connectivity index (χ2n) is 8.87. The van der Waals surface area contributed by atoms with E-state index in [1.807, 2.05) is 30.3 Å². The smallest absolute Gasteiger partial charge is 0.257 e. The maximum atomic E-state index is 12.9. The largest absolute Gasteiger partial charge is 0.507 e. The van der Waals surface area contributed by atoms with Gasteiger partial charge in [0.15, 0.2) is 22.2 Å². The number of nitrogens with one attached hydrogen (secondary N) is 2. The van der Waals surface area contributed by atoms with E-state index in [2.05, 4.69) is 15.6 Å². The number of anilines is 1. The lowest BCUT2D eigenvalue weighted by Crippen LogP contribution is -2.34. The lowest BCUT2D eigenvalue weighted by molar-refractivity contribution is 0.0977. The number of halogens is 1. The summed E-state index contributed by atoms with van der Waals surface area (Å²) in [6.07, 6.45) is 0. The van der Waals surface area contributed by atoms with Crippen LogP contribution in [0.2, 0.25) is 5.02 Å². The molecule has 4 aromatic carbocycles. The van der Waals surface area contributed by atoms with Gasteiger partial charge in [-0.05, 0) is 84.9 Å². The Labute approximate surface area is 240 Å². The highest BCUT2D eigenvalue weighted by Gasteiger charge is 2.17. The molecule has 0 saturated heterocycles. The predicted octanol–water partition coefficient (Wildman–Crippen LogP) is 6.88. The Bertz CT molecular complexity index is 1690. The summed E-state index contributed by atoms with van der Waals surface area (Å²) in [5, 5.41) is 17.0. The second kappa shape index (κ2) is 11.6. The summed E-state index contributed by atoms with van der Waals surface area (Å²) in [6.45, 7) is 2.06. The summed E-state index contributed by atoms with van der Waals surface area (Å²) >= 11 is 11.3. The number of carbonyl (C=O) groups excluding carboxylic acids is 1. The summed E-state index contributed by atoms with van der Waals surface area (Å²) < 4.78 is 17.1. The molecule has 8 nitrogen and oxygen atoms in total. The van der Waals surface area contributed by atoms with Gasteiger partial charge in [0, 0.05) is 16.3 Å². The quantitative estimate of drug-likeness (QED) is 0.143. The van der Waals surface area contributed by atoms with Gasteiger partial charge >= 0.3 is 0 Å². The number of nitrogens with zero attached hydrogens (tertiary/aromatic N) is 1. The van der Waals surface area contributed by atoms with Crippen LogP contribution >= 0.6 is 23.8 Å². The van der Waals surface area contributed by atoms with Gasteiger partial charge in [0.1, 0.15) is 17.9 Å². The normalized spacial score (nSPS) is 10.8. The molecule has 0 aliphatic carbocycles. The lowest BCUT2D eigenvalue weighted by Gasteiger charge is -2.14. The summed E-state index contributed by atoms with van der Waals surface area (Å²) in [5.74, 6) is 0.761. The molecule has 5 aromatic rings. The number of methoxy groups -OCH3 is 1. The van der Waals surface area contributed by atoms with Gasteiger partial charge in [-0.15, -0.1) is 0 Å². The summed E-state index contributed by atoms with van der Waals surface area (Å²) in [5.41, 5.74) is 4.06. The molecule has 0 aliphatic rings. The average Bonchev–Trinajstić information content (AvgIpc) is 3.38. The van der Waals surface area contributed by atoms with Crippen molar-refractivity contribution in [2.75, 3.05) is 12.4 Å². The Morgan fingerprint density at radius 3 is 2.58 bits per heavy atom. The number of rotatable bonds is 7. The molecule has 40 heavy (non-hydrogen) atoms. The number of phenolic OH excluding ortho intramolecular Hbond substituents is 1. The van der Waals surface area contributed by atoms with E-state index in [0.717, 1.165) is 5.56 Å². The Morgan fingerprint density at radius 2 is 1.82 bits per heavy atom. The number of phenols is 1. The third kappa shape index (κ3) is 6.01. The maximum Gasteiger partial charge on any atom is 0.257 e. The van der Waals surface area contributed by atoms with Crippen LogP contribution in [-0.2, 0) is 6.61 Å². The lowest BCUT2D eigenvalue weighted by atomic mass is 10.1. The fourth-order valence-electron chi connectivity index (χ4n) is 4.01. The van der Waals surface area contributed by atoms with E-state index in [1.165, 1.54) is 7.11 Å². The minimum atomic E-state index is -0.435. The molecule has 1 amide bonds. The zero-order valence-electron chi connectivity index (χ0n) is 21.5. The zero-order valence-corrected chi connectivity index (χ0v) is 23.1. The molecule has 0 fully saturated rings. The maximum absolute atomic E-state index is 12.9. The highest BCUT2D eigenvalue weighted by Crippen LogP contribution is 2.36. The molecule has 0 unspecified atom stereocenters. The Kier molecular flexibility index (Phi) is 7.86. The van der Waals surface area contributed by atoms with Gasteiger partial charge in [-0.3, -0.25) is 10.1 Å². The van der Waals surface area contributed by atoms with Gasteiger partial charge < -0.3 is 24.3 Å². The van der Waals surface area contributed by atoms with E-state index in [-0.39, 0.29) is 16.8 Å². The van der Waals surface area contributed by atoms with Crippen LogP contribution in [0.25, 0.3) is 22.6 Å². The van der Waals surface area contributed by atoms with Gasteiger partial charge in [-0.25, -0.2) is 4.98 Å². The summed E-state index contributed by atoms with van der Waals surface area (Å²) in [7, 11) is 1.50. The fourth-order valence-corrected chi connectivity index (χ4v) is 4.35. The number of ether oxygens (including phenoxy) is 2. The van der Waals surface area contributed by atoms with E-state index in [1.54, 1.807) is 55.5 Å². The van der Waals surface area contributed by atoms with Crippen LogP contribution in [0.1, 0.15) is 21.5 Å². The van der Waals surface area contributed by atoms with Crippen molar-refractivity contribution in [2.24, 2.45) is 0 Å². The third-order valence-electron chi connectivity index (χ3n) is 6.04. The molecule has 1 aromatic heterocycles. The first-order chi connectivity index (χ1) is 19.3. The molecule has 1 heterocycles. The molecular weight excluding hydrogens is 550 g/mol. The van der Waals surface area contributed by atoms with Gasteiger partial charge in [-0.1, -0.05) is 35.9 Å². The molecule has 10 heteroatoms. The minimum Gasteiger partial charge on any atom is -0.507 e. The Morgan fingerprint density at radius 1 is 1.05 bits per heavy atom. The van der Waals surface area contributed by atoms with E-state index < -0.39 is 5.91 Å². The number of amides is 1. The van der Waals surface area contributed by atoms with E-state index in [0.29, 0.717) is 56.6 Å². The predicted molar refractivity (Wildman–Crippen MR) is 158 cm³/mol. The molecular formula is C30H24ClN3O5S. The summed E-state index contributed by atoms with van der Waals surface area (Å²) in [6, 6.07) is 22.9. The highest BCUT2D eigenvalue weighted by molar-refractivity contribution is 7.80. The van der Waals surface area contributed by atoms with Crippen molar-refractivity contribution in [3.05, 3.63) is 101 Å². The molecule has 202 valence electrons. The van der Waals surface area contributed by atoms with Gasteiger partial charge in [0.25, 0.3) is 5.91 Å². The number of thiocarbonyl (C=S) groups is 1. The Balaban J connectivity index is 1.27.